The van der Waals surface area contributed by atoms with E-state index in [1.165, 1.54) is 6.92 Å². The summed E-state index contributed by atoms with van der Waals surface area (Å²) in [7, 11) is 0. The summed E-state index contributed by atoms with van der Waals surface area (Å²) in [6.45, 7) is 5.34. The van der Waals surface area contributed by atoms with Crippen LogP contribution in [0, 0.1) is 28.6 Å². The Bertz CT molecular complexity index is 326. The standard InChI is InChI=1S/C10H14N2O2/c1-6(13)9(12-14)8-7(4-5-11)10(8,2)3/h7-8,14H,4H2,1-3H3. The maximum Gasteiger partial charge on any atom is 0.177 e. The van der Waals surface area contributed by atoms with Gasteiger partial charge in [0, 0.05) is 19.3 Å². The van der Waals surface area contributed by atoms with Crippen LogP contribution in [0.25, 0.3) is 0 Å². The van der Waals surface area contributed by atoms with Crippen LogP contribution in [0.1, 0.15) is 27.2 Å². The highest BCUT2D eigenvalue weighted by Gasteiger charge is 2.60. The smallest absolute Gasteiger partial charge is 0.177 e. The van der Waals surface area contributed by atoms with Crippen molar-refractivity contribution in [2.75, 3.05) is 0 Å². The first kappa shape index (κ1) is 10.7. The van der Waals surface area contributed by atoms with Crippen LogP contribution >= 0.6 is 0 Å². The van der Waals surface area contributed by atoms with Crippen molar-refractivity contribution < 1.29 is 10.0 Å². The summed E-state index contributed by atoms with van der Waals surface area (Å²) in [6.07, 6.45) is 0.407. The number of oxime groups is 1. The van der Waals surface area contributed by atoms with Crippen molar-refractivity contribution in [3.63, 3.8) is 0 Å². The lowest BCUT2D eigenvalue weighted by Crippen LogP contribution is -2.15. The molecule has 1 saturated carbocycles. The Morgan fingerprint density at radius 2 is 2.21 bits per heavy atom. The highest BCUT2D eigenvalue weighted by atomic mass is 16.4. The Kier molecular flexibility index (Phi) is 2.61. The van der Waals surface area contributed by atoms with E-state index < -0.39 is 0 Å². The Morgan fingerprint density at radius 1 is 1.64 bits per heavy atom. The molecule has 2 atom stereocenters. The molecule has 0 heterocycles. The number of hydrogen-bond donors (Lipinski definition) is 1. The third kappa shape index (κ3) is 1.50. The lowest BCUT2D eigenvalue weighted by Gasteiger charge is -2.01. The van der Waals surface area contributed by atoms with Gasteiger partial charge < -0.3 is 5.21 Å². The molecular weight excluding hydrogens is 180 g/mol. The summed E-state index contributed by atoms with van der Waals surface area (Å²) in [5, 5.41) is 20.3. The van der Waals surface area contributed by atoms with Gasteiger partial charge in [0.1, 0.15) is 5.71 Å². The zero-order valence-electron chi connectivity index (χ0n) is 8.61. The largest absolute Gasteiger partial charge is 0.411 e. The van der Waals surface area contributed by atoms with Gasteiger partial charge in [-0.1, -0.05) is 19.0 Å². The number of nitriles is 1. The van der Waals surface area contributed by atoms with Crippen molar-refractivity contribution in [1.82, 2.24) is 0 Å². The quantitative estimate of drug-likeness (QED) is 0.421. The predicted molar refractivity (Wildman–Crippen MR) is 50.9 cm³/mol. The van der Waals surface area contributed by atoms with Gasteiger partial charge >= 0.3 is 0 Å². The normalized spacial score (nSPS) is 29.4. The van der Waals surface area contributed by atoms with Crippen LogP contribution in [-0.2, 0) is 4.79 Å². The molecule has 0 aliphatic heterocycles. The van der Waals surface area contributed by atoms with Gasteiger partial charge in [0.15, 0.2) is 5.78 Å². The van der Waals surface area contributed by atoms with Crippen LogP contribution in [0.2, 0.25) is 0 Å². The van der Waals surface area contributed by atoms with Crippen LogP contribution in [0.3, 0.4) is 0 Å². The molecule has 1 fully saturated rings. The molecule has 0 aromatic carbocycles. The van der Waals surface area contributed by atoms with E-state index in [0.29, 0.717) is 6.42 Å². The van der Waals surface area contributed by atoms with E-state index in [1.54, 1.807) is 0 Å². The fourth-order valence-corrected chi connectivity index (χ4v) is 2.12. The van der Waals surface area contributed by atoms with Crippen molar-refractivity contribution in [3.8, 4) is 6.07 Å². The number of rotatable bonds is 3. The van der Waals surface area contributed by atoms with Crippen LogP contribution in [0.5, 0.6) is 0 Å². The number of carbonyl (C=O) groups excluding carboxylic acids is 1. The average Bonchev–Trinajstić information content (AvgIpc) is 2.58. The Labute approximate surface area is 83.2 Å². The molecule has 76 valence electrons. The van der Waals surface area contributed by atoms with Crippen molar-refractivity contribution in [3.05, 3.63) is 0 Å². The summed E-state index contributed by atoms with van der Waals surface area (Å²) in [6, 6.07) is 2.09. The minimum absolute atomic E-state index is 0.0651. The fourth-order valence-electron chi connectivity index (χ4n) is 2.12. The van der Waals surface area contributed by atoms with Crippen LogP contribution in [-0.4, -0.2) is 16.7 Å². The molecule has 0 aromatic heterocycles. The van der Waals surface area contributed by atoms with Crippen LogP contribution < -0.4 is 0 Å². The van der Waals surface area contributed by atoms with Crippen molar-refractivity contribution in [2.24, 2.45) is 22.4 Å². The van der Waals surface area contributed by atoms with E-state index in [1.807, 2.05) is 13.8 Å². The molecule has 0 aromatic rings. The summed E-state index contributed by atoms with van der Waals surface area (Å²) in [5.74, 6) is -0.141. The van der Waals surface area contributed by atoms with E-state index >= 15 is 0 Å². The molecule has 4 heteroatoms. The molecule has 4 nitrogen and oxygen atoms in total. The first-order valence-electron chi connectivity index (χ1n) is 4.56. The molecule has 0 bridgehead atoms. The molecule has 0 amide bonds. The van der Waals surface area contributed by atoms with Crippen molar-refractivity contribution in [1.29, 1.82) is 5.26 Å². The van der Waals surface area contributed by atoms with E-state index in [2.05, 4.69) is 11.2 Å². The SMILES string of the molecule is CC(=O)C(=NO)C1C(CC#N)C1(C)C. The number of ketones is 1. The minimum atomic E-state index is -0.217. The summed E-state index contributed by atoms with van der Waals surface area (Å²) in [4.78, 5) is 11.1. The van der Waals surface area contributed by atoms with Gasteiger partial charge in [-0.25, -0.2) is 0 Å². The minimum Gasteiger partial charge on any atom is -0.411 e. The molecule has 0 radical (unpaired) electrons. The topological polar surface area (TPSA) is 73.4 Å². The molecular formula is C10H14N2O2. The van der Waals surface area contributed by atoms with Crippen molar-refractivity contribution in [2.45, 2.75) is 27.2 Å². The van der Waals surface area contributed by atoms with Gasteiger partial charge in [-0.15, -0.1) is 0 Å². The second kappa shape index (κ2) is 3.41. The first-order chi connectivity index (χ1) is 6.46. The van der Waals surface area contributed by atoms with Crippen molar-refractivity contribution >= 4 is 11.5 Å². The molecule has 1 aliphatic carbocycles. The molecule has 0 saturated heterocycles. The molecule has 1 N–H and O–H groups in total. The zero-order chi connectivity index (χ0) is 10.9. The van der Waals surface area contributed by atoms with E-state index in [9.17, 15) is 4.79 Å². The number of carbonyl (C=O) groups is 1. The van der Waals surface area contributed by atoms with Gasteiger partial charge in [0.25, 0.3) is 0 Å². The maximum atomic E-state index is 11.1. The van der Waals surface area contributed by atoms with Gasteiger partial charge in [-0.2, -0.15) is 5.26 Å². The average molecular weight is 194 g/mol. The second-order valence-corrected chi connectivity index (χ2v) is 4.31. The van der Waals surface area contributed by atoms with Gasteiger partial charge in [0.2, 0.25) is 0 Å². The first-order valence-corrected chi connectivity index (χ1v) is 4.56. The van der Waals surface area contributed by atoms with E-state index in [0.717, 1.165) is 0 Å². The highest BCUT2D eigenvalue weighted by molar-refractivity contribution is 6.40. The monoisotopic (exact) mass is 194 g/mol. The lowest BCUT2D eigenvalue weighted by molar-refractivity contribution is -0.111. The van der Waals surface area contributed by atoms with Crippen LogP contribution in [0.15, 0.2) is 5.16 Å². The fraction of sp³-hybridized carbons (Fsp3) is 0.700. The van der Waals surface area contributed by atoms with Gasteiger partial charge in [-0.05, 0) is 11.3 Å². The summed E-state index contributed by atoms with van der Waals surface area (Å²) >= 11 is 0. The van der Waals surface area contributed by atoms with E-state index in [-0.39, 0.29) is 28.7 Å². The third-order valence-electron chi connectivity index (χ3n) is 3.12. The van der Waals surface area contributed by atoms with Crippen LogP contribution in [0.4, 0.5) is 0 Å². The molecule has 0 spiro atoms. The van der Waals surface area contributed by atoms with E-state index in [4.69, 9.17) is 10.5 Å². The number of hydrogen-bond acceptors (Lipinski definition) is 4. The lowest BCUT2D eigenvalue weighted by atomic mass is 10.0. The Balaban J connectivity index is 2.83. The second-order valence-electron chi connectivity index (χ2n) is 4.31. The number of nitrogens with zero attached hydrogens (tertiary/aromatic N) is 2. The zero-order valence-corrected chi connectivity index (χ0v) is 8.61. The molecule has 14 heavy (non-hydrogen) atoms. The summed E-state index contributed by atoms with van der Waals surface area (Å²) < 4.78 is 0. The molecule has 1 rings (SSSR count). The van der Waals surface area contributed by atoms with Gasteiger partial charge in [0.05, 0.1) is 6.07 Å². The molecule has 2 unspecified atom stereocenters. The Morgan fingerprint density at radius 3 is 2.57 bits per heavy atom. The molecule has 1 aliphatic rings. The predicted octanol–water partition coefficient (Wildman–Crippen LogP) is 1.59. The number of Topliss-reactive ketones (excluding diaryl/α,β-unsaturated/α-hetero) is 1. The van der Waals surface area contributed by atoms with Gasteiger partial charge in [-0.3, -0.25) is 4.79 Å². The summed E-state index contributed by atoms with van der Waals surface area (Å²) in [5.41, 5.74) is 0.110. The Hall–Kier alpha value is -1.37. The third-order valence-corrected chi connectivity index (χ3v) is 3.12. The maximum absolute atomic E-state index is 11.1. The highest BCUT2D eigenvalue weighted by Crippen LogP contribution is 2.60.